The summed E-state index contributed by atoms with van der Waals surface area (Å²) in [5.74, 6) is 0.792. The van der Waals surface area contributed by atoms with Gasteiger partial charge in [-0.15, -0.1) is 0 Å². The van der Waals surface area contributed by atoms with Gasteiger partial charge in [0.1, 0.15) is 0 Å². The molecule has 2 N–H and O–H groups in total. The van der Waals surface area contributed by atoms with E-state index in [4.69, 9.17) is 5.73 Å². The number of carbonyl (C=O) groups is 2. The average Bonchev–Trinajstić information content (AvgIpc) is 3.27. The van der Waals surface area contributed by atoms with Crippen molar-refractivity contribution in [2.75, 3.05) is 19.6 Å². The average molecular weight is 295 g/mol. The summed E-state index contributed by atoms with van der Waals surface area (Å²) in [5.41, 5.74) is 5.99. The van der Waals surface area contributed by atoms with Gasteiger partial charge in [-0.2, -0.15) is 0 Å². The highest BCUT2D eigenvalue weighted by Crippen LogP contribution is 2.29. The first-order valence-corrected chi connectivity index (χ1v) is 8.21. The summed E-state index contributed by atoms with van der Waals surface area (Å²) in [6.45, 7) is 7.96. The first-order valence-electron chi connectivity index (χ1n) is 8.21. The molecular weight excluding hydrogens is 266 g/mol. The summed E-state index contributed by atoms with van der Waals surface area (Å²) in [5, 5.41) is 0. The normalized spacial score (nSPS) is 24.0. The Labute approximate surface area is 127 Å². The van der Waals surface area contributed by atoms with E-state index in [9.17, 15) is 9.59 Å². The van der Waals surface area contributed by atoms with E-state index in [0.29, 0.717) is 12.0 Å². The van der Waals surface area contributed by atoms with Crippen LogP contribution in [0.25, 0.3) is 0 Å². The van der Waals surface area contributed by atoms with E-state index < -0.39 is 6.04 Å². The third kappa shape index (κ3) is 4.19. The fraction of sp³-hybridized carbons (Fsp3) is 0.875. The number of hydrogen-bond donors (Lipinski definition) is 1. The SMILES string of the molecule is CC(=O)N(CC1CCCN(C(=O)[C@@H](N)C(C)C)C1)C1CC1. The zero-order valence-electron chi connectivity index (χ0n) is 13.5. The Morgan fingerprint density at radius 3 is 2.48 bits per heavy atom. The second-order valence-corrected chi connectivity index (χ2v) is 6.96. The summed E-state index contributed by atoms with van der Waals surface area (Å²) < 4.78 is 0. The molecule has 2 atom stereocenters. The maximum absolute atomic E-state index is 12.4. The van der Waals surface area contributed by atoms with Gasteiger partial charge in [0, 0.05) is 32.6 Å². The fourth-order valence-corrected chi connectivity index (χ4v) is 3.11. The van der Waals surface area contributed by atoms with Gasteiger partial charge in [-0.3, -0.25) is 9.59 Å². The van der Waals surface area contributed by atoms with Crippen molar-refractivity contribution in [2.45, 2.75) is 58.5 Å². The van der Waals surface area contributed by atoms with E-state index in [2.05, 4.69) is 0 Å². The number of likely N-dealkylation sites (tertiary alicyclic amines) is 1. The molecule has 2 aliphatic rings. The lowest BCUT2D eigenvalue weighted by Crippen LogP contribution is -2.51. The minimum atomic E-state index is -0.406. The van der Waals surface area contributed by atoms with Gasteiger partial charge < -0.3 is 15.5 Å². The number of piperidine rings is 1. The molecule has 2 amide bonds. The number of rotatable bonds is 5. The van der Waals surface area contributed by atoms with Crippen molar-refractivity contribution in [1.29, 1.82) is 0 Å². The largest absolute Gasteiger partial charge is 0.341 e. The maximum atomic E-state index is 12.4. The van der Waals surface area contributed by atoms with Crippen LogP contribution in [0, 0.1) is 11.8 Å². The summed E-state index contributed by atoms with van der Waals surface area (Å²) >= 11 is 0. The van der Waals surface area contributed by atoms with E-state index in [1.54, 1.807) is 6.92 Å². The molecule has 1 saturated heterocycles. The second kappa shape index (κ2) is 6.77. The molecule has 120 valence electrons. The Kier molecular flexibility index (Phi) is 5.25. The third-order valence-corrected chi connectivity index (χ3v) is 4.68. The molecule has 21 heavy (non-hydrogen) atoms. The van der Waals surface area contributed by atoms with E-state index in [-0.39, 0.29) is 17.7 Å². The van der Waals surface area contributed by atoms with Crippen molar-refractivity contribution in [3.63, 3.8) is 0 Å². The first kappa shape index (κ1) is 16.3. The highest BCUT2D eigenvalue weighted by molar-refractivity contribution is 5.82. The van der Waals surface area contributed by atoms with Crippen LogP contribution in [0.1, 0.15) is 46.5 Å². The quantitative estimate of drug-likeness (QED) is 0.829. The number of carbonyl (C=O) groups excluding carboxylic acids is 2. The molecule has 1 aliphatic heterocycles. The summed E-state index contributed by atoms with van der Waals surface area (Å²) in [7, 11) is 0. The third-order valence-electron chi connectivity index (χ3n) is 4.68. The Hall–Kier alpha value is -1.10. The maximum Gasteiger partial charge on any atom is 0.239 e. The molecule has 5 nitrogen and oxygen atoms in total. The topological polar surface area (TPSA) is 66.6 Å². The molecular formula is C16H29N3O2. The van der Waals surface area contributed by atoms with Gasteiger partial charge in [-0.25, -0.2) is 0 Å². The summed E-state index contributed by atoms with van der Waals surface area (Å²) in [6.07, 6.45) is 4.37. The summed E-state index contributed by atoms with van der Waals surface area (Å²) in [4.78, 5) is 28.0. The molecule has 0 aromatic carbocycles. The molecule has 2 rings (SSSR count). The van der Waals surface area contributed by atoms with Crippen molar-refractivity contribution < 1.29 is 9.59 Å². The number of nitrogens with zero attached hydrogens (tertiary/aromatic N) is 2. The van der Waals surface area contributed by atoms with Gasteiger partial charge in [0.05, 0.1) is 6.04 Å². The molecule has 1 unspecified atom stereocenters. The molecule has 0 aromatic rings. The van der Waals surface area contributed by atoms with Crippen LogP contribution in [0.5, 0.6) is 0 Å². The van der Waals surface area contributed by atoms with Crippen molar-refractivity contribution in [2.24, 2.45) is 17.6 Å². The van der Waals surface area contributed by atoms with E-state index >= 15 is 0 Å². The van der Waals surface area contributed by atoms with Crippen LogP contribution in [-0.2, 0) is 9.59 Å². The predicted molar refractivity (Wildman–Crippen MR) is 82.5 cm³/mol. The summed E-state index contributed by atoms with van der Waals surface area (Å²) in [6, 6.07) is 0.0441. The van der Waals surface area contributed by atoms with E-state index in [1.165, 1.54) is 0 Å². The Bertz CT molecular complexity index is 393. The smallest absolute Gasteiger partial charge is 0.239 e. The molecule has 1 aliphatic carbocycles. The van der Waals surface area contributed by atoms with Crippen LogP contribution in [0.4, 0.5) is 0 Å². The monoisotopic (exact) mass is 295 g/mol. The van der Waals surface area contributed by atoms with Crippen LogP contribution >= 0.6 is 0 Å². The first-order chi connectivity index (χ1) is 9.90. The number of hydrogen-bond acceptors (Lipinski definition) is 3. The lowest BCUT2D eigenvalue weighted by molar-refractivity contribution is -0.136. The number of nitrogens with two attached hydrogens (primary N) is 1. The highest BCUT2D eigenvalue weighted by atomic mass is 16.2. The zero-order valence-corrected chi connectivity index (χ0v) is 13.5. The van der Waals surface area contributed by atoms with Crippen LogP contribution in [0.15, 0.2) is 0 Å². The molecule has 5 heteroatoms. The highest BCUT2D eigenvalue weighted by Gasteiger charge is 2.34. The van der Waals surface area contributed by atoms with Crippen LogP contribution < -0.4 is 5.73 Å². The van der Waals surface area contributed by atoms with Gasteiger partial charge in [0.15, 0.2) is 0 Å². The zero-order chi connectivity index (χ0) is 15.6. The van der Waals surface area contributed by atoms with E-state index in [1.807, 2.05) is 23.6 Å². The molecule has 2 fully saturated rings. The van der Waals surface area contributed by atoms with Crippen LogP contribution in [0.3, 0.4) is 0 Å². The lowest BCUT2D eigenvalue weighted by atomic mass is 9.95. The fourth-order valence-electron chi connectivity index (χ4n) is 3.11. The molecule has 0 radical (unpaired) electrons. The van der Waals surface area contributed by atoms with Crippen LogP contribution in [-0.4, -0.2) is 53.3 Å². The lowest BCUT2D eigenvalue weighted by Gasteiger charge is -2.37. The molecule has 0 aromatic heterocycles. The Morgan fingerprint density at radius 1 is 1.29 bits per heavy atom. The number of amides is 2. The van der Waals surface area contributed by atoms with Crippen molar-refractivity contribution in [3.8, 4) is 0 Å². The van der Waals surface area contributed by atoms with Crippen molar-refractivity contribution in [1.82, 2.24) is 9.80 Å². The minimum absolute atomic E-state index is 0.0653. The van der Waals surface area contributed by atoms with Gasteiger partial charge >= 0.3 is 0 Å². The standard InChI is InChI=1S/C16H29N3O2/c1-11(2)15(17)16(21)18-8-4-5-13(9-18)10-19(12(3)20)14-6-7-14/h11,13-15H,4-10,17H2,1-3H3/t13?,15-/m0/s1. The molecule has 0 spiro atoms. The molecule has 1 saturated carbocycles. The molecule has 0 bridgehead atoms. The van der Waals surface area contributed by atoms with Crippen molar-refractivity contribution >= 4 is 11.8 Å². The van der Waals surface area contributed by atoms with Crippen LogP contribution in [0.2, 0.25) is 0 Å². The van der Waals surface area contributed by atoms with Gasteiger partial charge in [-0.1, -0.05) is 13.8 Å². The predicted octanol–water partition coefficient (Wildman–Crippen LogP) is 1.22. The van der Waals surface area contributed by atoms with Gasteiger partial charge in [0.2, 0.25) is 11.8 Å². The van der Waals surface area contributed by atoms with Gasteiger partial charge in [-0.05, 0) is 37.5 Å². The Balaban J connectivity index is 1.91. The van der Waals surface area contributed by atoms with E-state index in [0.717, 1.165) is 45.3 Å². The molecule has 1 heterocycles. The van der Waals surface area contributed by atoms with Crippen molar-refractivity contribution in [3.05, 3.63) is 0 Å². The van der Waals surface area contributed by atoms with Gasteiger partial charge in [0.25, 0.3) is 0 Å². The second-order valence-electron chi connectivity index (χ2n) is 6.96. The minimum Gasteiger partial charge on any atom is -0.341 e. The Morgan fingerprint density at radius 2 is 1.95 bits per heavy atom.